The molecule has 0 bridgehead atoms. The molecule has 0 aliphatic rings. The van der Waals surface area contributed by atoms with Gasteiger partial charge in [0.05, 0.1) is 18.4 Å². The van der Waals surface area contributed by atoms with E-state index in [1.807, 2.05) is 6.92 Å². The van der Waals surface area contributed by atoms with Crippen molar-refractivity contribution < 1.29 is 17.9 Å². The van der Waals surface area contributed by atoms with E-state index in [9.17, 15) is 13.2 Å². The lowest BCUT2D eigenvalue weighted by molar-refractivity contribution is -0.137. The number of hydrogen-bond acceptors (Lipinski definition) is 2. The van der Waals surface area contributed by atoms with Crippen molar-refractivity contribution in [3.05, 3.63) is 23.8 Å². The van der Waals surface area contributed by atoms with Crippen molar-refractivity contribution >= 4 is 5.69 Å². The molecule has 5 heteroatoms. The summed E-state index contributed by atoms with van der Waals surface area (Å²) in [5.41, 5.74) is -0.144. The van der Waals surface area contributed by atoms with E-state index in [1.165, 1.54) is 13.2 Å². The summed E-state index contributed by atoms with van der Waals surface area (Å²) in [6.07, 6.45) is -4.34. The van der Waals surface area contributed by atoms with Crippen molar-refractivity contribution in [2.24, 2.45) is 0 Å². The number of alkyl halides is 3. The second-order valence-electron chi connectivity index (χ2n) is 2.94. The van der Waals surface area contributed by atoms with Gasteiger partial charge in [0.2, 0.25) is 0 Å². The Bertz CT molecular complexity index is 336. The number of methoxy groups -OCH3 is 1. The van der Waals surface area contributed by atoms with Gasteiger partial charge in [-0.2, -0.15) is 13.2 Å². The van der Waals surface area contributed by atoms with Crippen LogP contribution in [0.4, 0.5) is 18.9 Å². The summed E-state index contributed by atoms with van der Waals surface area (Å²) >= 11 is 0. The molecule has 0 fully saturated rings. The van der Waals surface area contributed by atoms with E-state index < -0.39 is 11.7 Å². The summed E-state index contributed by atoms with van der Waals surface area (Å²) in [6.45, 7) is 2.48. The smallest absolute Gasteiger partial charge is 0.416 e. The average Bonchev–Trinajstić information content (AvgIpc) is 2.17. The van der Waals surface area contributed by atoms with Crippen molar-refractivity contribution in [1.82, 2.24) is 0 Å². The fourth-order valence-corrected chi connectivity index (χ4v) is 1.20. The molecule has 0 saturated carbocycles. The highest BCUT2D eigenvalue weighted by atomic mass is 19.4. The fraction of sp³-hybridized carbons (Fsp3) is 0.400. The minimum atomic E-state index is -4.34. The standard InChI is InChI=1S/C10H12F3NO/c1-3-14-8-5-4-7(10(11,12)13)6-9(8)15-2/h4-6,14H,3H2,1-2H3. The summed E-state index contributed by atoms with van der Waals surface area (Å²) in [5, 5.41) is 2.91. The second-order valence-corrected chi connectivity index (χ2v) is 2.94. The largest absolute Gasteiger partial charge is 0.495 e. The van der Waals surface area contributed by atoms with Gasteiger partial charge in [-0.25, -0.2) is 0 Å². The van der Waals surface area contributed by atoms with Crippen molar-refractivity contribution in [3.8, 4) is 5.75 Å². The van der Waals surface area contributed by atoms with Gasteiger partial charge in [-0.05, 0) is 25.1 Å². The lowest BCUT2D eigenvalue weighted by Gasteiger charge is -2.13. The summed E-state index contributed by atoms with van der Waals surface area (Å²) in [6, 6.07) is 3.38. The number of anilines is 1. The third-order valence-electron chi connectivity index (χ3n) is 1.90. The molecule has 0 radical (unpaired) electrons. The van der Waals surface area contributed by atoms with Crippen LogP contribution in [0.3, 0.4) is 0 Å². The Labute approximate surface area is 86.1 Å². The van der Waals surface area contributed by atoms with Gasteiger partial charge < -0.3 is 10.1 Å². The topological polar surface area (TPSA) is 21.3 Å². The molecule has 2 nitrogen and oxygen atoms in total. The maximum atomic E-state index is 12.3. The molecule has 15 heavy (non-hydrogen) atoms. The minimum Gasteiger partial charge on any atom is -0.495 e. The van der Waals surface area contributed by atoms with E-state index in [2.05, 4.69) is 5.32 Å². The molecule has 0 amide bonds. The first-order valence-electron chi connectivity index (χ1n) is 4.48. The molecule has 1 N–H and O–H groups in total. The minimum absolute atomic E-state index is 0.201. The number of rotatable bonds is 3. The van der Waals surface area contributed by atoms with E-state index in [1.54, 1.807) is 0 Å². The fourth-order valence-electron chi connectivity index (χ4n) is 1.20. The zero-order valence-electron chi connectivity index (χ0n) is 8.48. The van der Waals surface area contributed by atoms with E-state index in [0.29, 0.717) is 12.2 Å². The summed E-state index contributed by atoms with van der Waals surface area (Å²) in [5.74, 6) is 0.201. The van der Waals surface area contributed by atoms with Gasteiger partial charge in [-0.15, -0.1) is 0 Å². The number of halogens is 3. The van der Waals surface area contributed by atoms with Crippen LogP contribution < -0.4 is 10.1 Å². The molecule has 0 aromatic heterocycles. The van der Waals surface area contributed by atoms with Crippen LogP contribution >= 0.6 is 0 Å². The molecule has 0 atom stereocenters. The number of ether oxygens (including phenoxy) is 1. The first-order chi connectivity index (χ1) is 6.99. The van der Waals surface area contributed by atoms with Gasteiger partial charge >= 0.3 is 6.18 Å². The first kappa shape index (κ1) is 11.7. The zero-order valence-corrected chi connectivity index (χ0v) is 8.48. The van der Waals surface area contributed by atoms with Gasteiger partial charge in [0, 0.05) is 6.54 Å². The molecule has 0 aliphatic carbocycles. The molecule has 1 aromatic carbocycles. The Hall–Kier alpha value is -1.39. The van der Waals surface area contributed by atoms with Crippen LogP contribution in [0, 0.1) is 0 Å². The Balaban J connectivity index is 3.08. The maximum Gasteiger partial charge on any atom is 0.416 e. The summed E-state index contributed by atoms with van der Waals surface area (Å²) in [7, 11) is 1.34. The third kappa shape index (κ3) is 2.78. The third-order valence-corrected chi connectivity index (χ3v) is 1.90. The van der Waals surface area contributed by atoms with Crippen LogP contribution in [0.1, 0.15) is 12.5 Å². The lowest BCUT2D eigenvalue weighted by atomic mass is 10.2. The van der Waals surface area contributed by atoms with Crippen LogP contribution in [0.15, 0.2) is 18.2 Å². The number of benzene rings is 1. The molecule has 84 valence electrons. The first-order valence-corrected chi connectivity index (χ1v) is 4.48. The predicted molar refractivity (Wildman–Crippen MR) is 52.2 cm³/mol. The second kappa shape index (κ2) is 4.42. The van der Waals surface area contributed by atoms with E-state index >= 15 is 0 Å². The quantitative estimate of drug-likeness (QED) is 0.843. The summed E-state index contributed by atoms with van der Waals surface area (Å²) < 4.78 is 41.9. The molecular weight excluding hydrogens is 207 g/mol. The van der Waals surface area contributed by atoms with Crippen LogP contribution in [0.25, 0.3) is 0 Å². The SMILES string of the molecule is CCNc1ccc(C(F)(F)F)cc1OC. The summed E-state index contributed by atoms with van der Waals surface area (Å²) in [4.78, 5) is 0. The average molecular weight is 219 g/mol. The molecular formula is C10H12F3NO. The monoisotopic (exact) mass is 219 g/mol. The van der Waals surface area contributed by atoms with Crippen LogP contribution in [-0.2, 0) is 6.18 Å². The van der Waals surface area contributed by atoms with Gasteiger partial charge in [0.1, 0.15) is 5.75 Å². The predicted octanol–water partition coefficient (Wildman–Crippen LogP) is 3.15. The highest BCUT2D eigenvalue weighted by Crippen LogP contribution is 2.34. The molecule has 0 spiro atoms. The van der Waals surface area contributed by atoms with Crippen molar-refractivity contribution in [2.75, 3.05) is 19.0 Å². The highest BCUT2D eigenvalue weighted by molar-refractivity contribution is 5.58. The van der Waals surface area contributed by atoms with E-state index in [4.69, 9.17) is 4.74 Å². The normalized spacial score (nSPS) is 11.3. The van der Waals surface area contributed by atoms with Gasteiger partial charge in [-0.3, -0.25) is 0 Å². The Morgan fingerprint density at radius 2 is 2.00 bits per heavy atom. The molecule has 1 aromatic rings. The van der Waals surface area contributed by atoms with Crippen molar-refractivity contribution in [1.29, 1.82) is 0 Å². The van der Waals surface area contributed by atoms with Crippen LogP contribution in [-0.4, -0.2) is 13.7 Å². The molecule has 0 aliphatic heterocycles. The Kier molecular flexibility index (Phi) is 3.44. The number of nitrogens with one attached hydrogen (secondary N) is 1. The number of hydrogen-bond donors (Lipinski definition) is 1. The van der Waals surface area contributed by atoms with Crippen LogP contribution in [0.2, 0.25) is 0 Å². The Morgan fingerprint density at radius 1 is 1.33 bits per heavy atom. The van der Waals surface area contributed by atoms with E-state index in [0.717, 1.165) is 12.1 Å². The maximum absolute atomic E-state index is 12.3. The molecule has 0 saturated heterocycles. The molecule has 1 rings (SSSR count). The van der Waals surface area contributed by atoms with E-state index in [-0.39, 0.29) is 5.75 Å². The van der Waals surface area contributed by atoms with Crippen LogP contribution in [0.5, 0.6) is 5.75 Å². The van der Waals surface area contributed by atoms with Crippen molar-refractivity contribution in [3.63, 3.8) is 0 Å². The lowest BCUT2D eigenvalue weighted by Crippen LogP contribution is -2.06. The molecule has 0 unspecified atom stereocenters. The van der Waals surface area contributed by atoms with Gasteiger partial charge in [0.15, 0.2) is 0 Å². The van der Waals surface area contributed by atoms with Gasteiger partial charge in [-0.1, -0.05) is 0 Å². The Morgan fingerprint density at radius 3 is 2.47 bits per heavy atom. The zero-order chi connectivity index (χ0) is 11.5. The van der Waals surface area contributed by atoms with Gasteiger partial charge in [0.25, 0.3) is 0 Å². The van der Waals surface area contributed by atoms with Crippen molar-refractivity contribution in [2.45, 2.75) is 13.1 Å². The highest BCUT2D eigenvalue weighted by Gasteiger charge is 2.31. The molecule has 0 heterocycles.